The van der Waals surface area contributed by atoms with Crippen molar-refractivity contribution in [2.24, 2.45) is 5.92 Å². The maximum absolute atomic E-state index is 13.4. The van der Waals surface area contributed by atoms with E-state index in [1.54, 1.807) is 60.7 Å². The molecule has 2 rings (SSSR count). The summed E-state index contributed by atoms with van der Waals surface area (Å²) in [5.41, 5.74) is 3.32. The first-order chi connectivity index (χ1) is 25.5. The van der Waals surface area contributed by atoms with Gasteiger partial charge >= 0.3 is 30.0 Å². The van der Waals surface area contributed by atoms with Gasteiger partial charge in [0.2, 0.25) is 11.8 Å². The van der Waals surface area contributed by atoms with Gasteiger partial charge in [0.05, 0.1) is 6.42 Å². The van der Waals surface area contributed by atoms with Crippen LogP contribution in [0, 0.1) is 5.92 Å². The van der Waals surface area contributed by atoms with Crippen LogP contribution in [0.2, 0.25) is 0 Å². The SMILES string of the molecule is CC(C)[C@H](NC(=O)[C@H](CCC(=O)O)NC(=O)[C@H](CC(=O)O)NC(=O)OCc1ccccc1)C(=O)NN(CC(=O)O)C(=O)C=CC(=O)OCc1ccccc1. The zero-order chi connectivity index (χ0) is 40.2. The predicted molar refractivity (Wildman–Crippen MR) is 184 cm³/mol. The standard InChI is InChI=1S/C35H41N5O14/c1-21(2)31(34(51)39-40(18-29(46)47)26(41)14-16-30(48)53-19-22-9-5-3-6-10-22)38-32(49)24(13-15-27(42)43)36-33(50)25(17-28(44)45)37-35(52)54-20-23-11-7-4-8-12-23/h3-12,14,16,21,24-25,31H,13,15,17-20H2,1-2H3,(H,36,50)(H,37,52)(H,38,49)(H,39,51)(H,42,43)(H,44,45)(H,46,47)/t24-,25-,31-/m0/s1. The normalized spacial score (nSPS) is 12.4. The summed E-state index contributed by atoms with van der Waals surface area (Å²) < 4.78 is 10.1. The fraction of sp³-hybridized carbons (Fsp3) is 0.343. The summed E-state index contributed by atoms with van der Waals surface area (Å²) in [5, 5.41) is 34.9. The van der Waals surface area contributed by atoms with Crippen molar-refractivity contribution in [1.82, 2.24) is 26.4 Å². The van der Waals surface area contributed by atoms with Gasteiger partial charge in [0.25, 0.3) is 11.8 Å². The van der Waals surface area contributed by atoms with E-state index in [0.29, 0.717) is 22.2 Å². The van der Waals surface area contributed by atoms with Gasteiger partial charge in [0.1, 0.15) is 37.9 Å². The molecule has 0 radical (unpaired) electrons. The molecule has 19 nitrogen and oxygen atoms in total. The highest BCUT2D eigenvalue weighted by Gasteiger charge is 2.33. The van der Waals surface area contributed by atoms with E-state index in [2.05, 4.69) is 21.4 Å². The minimum absolute atomic E-state index is 0.116. The van der Waals surface area contributed by atoms with Crippen LogP contribution in [0.1, 0.15) is 44.2 Å². The lowest BCUT2D eigenvalue weighted by Gasteiger charge is -2.28. The summed E-state index contributed by atoms with van der Waals surface area (Å²) in [6, 6.07) is 12.0. The van der Waals surface area contributed by atoms with Crippen LogP contribution < -0.4 is 21.4 Å². The molecule has 0 aliphatic carbocycles. The molecule has 0 bridgehead atoms. The summed E-state index contributed by atoms with van der Waals surface area (Å²) in [5.74, 6) is -10.7. The van der Waals surface area contributed by atoms with Gasteiger partial charge in [-0.2, -0.15) is 0 Å². The van der Waals surface area contributed by atoms with Crippen LogP contribution in [0.4, 0.5) is 4.79 Å². The average molecular weight is 756 g/mol. The second-order valence-corrected chi connectivity index (χ2v) is 11.8. The zero-order valence-corrected chi connectivity index (χ0v) is 29.3. The molecule has 0 aliphatic heterocycles. The van der Waals surface area contributed by atoms with Gasteiger partial charge in [-0.05, 0) is 23.5 Å². The van der Waals surface area contributed by atoms with Crippen molar-refractivity contribution in [2.75, 3.05) is 6.54 Å². The molecule has 0 saturated heterocycles. The number of benzene rings is 2. The van der Waals surface area contributed by atoms with Crippen molar-refractivity contribution in [3.8, 4) is 0 Å². The molecule has 3 atom stereocenters. The lowest BCUT2D eigenvalue weighted by atomic mass is 10.0. The Hall–Kier alpha value is -6.79. The number of nitrogens with one attached hydrogen (secondary N) is 4. The fourth-order valence-electron chi connectivity index (χ4n) is 4.41. The van der Waals surface area contributed by atoms with Crippen LogP contribution in [-0.4, -0.2) is 98.6 Å². The number of carbonyl (C=O) groups excluding carboxylic acids is 6. The number of hydrogen-bond acceptors (Lipinski definition) is 11. The predicted octanol–water partition coefficient (Wildman–Crippen LogP) is 0.491. The Bertz CT molecular complexity index is 1680. The van der Waals surface area contributed by atoms with Crippen LogP contribution in [-0.2, 0) is 61.0 Å². The molecule has 0 aromatic heterocycles. The Morgan fingerprint density at radius 3 is 1.74 bits per heavy atom. The van der Waals surface area contributed by atoms with E-state index in [-0.39, 0.29) is 13.2 Å². The van der Waals surface area contributed by atoms with Crippen molar-refractivity contribution in [1.29, 1.82) is 0 Å². The van der Waals surface area contributed by atoms with Gasteiger partial charge < -0.3 is 40.7 Å². The number of nitrogens with zero attached hydrogens (tertiary/aromatic N) is 1. The summed E-state index contributed by atoms with van der Waals surface area (Å²) in [4.78, 5) is 112. The van der Waals surface area contributed by atoms with Crippen LogP contribution >= 0.6 is 0 Å². The first kappa shape index (κ1) is 43.4. The minimum Gasteiger partial charge on any atom is -0.481 e. The van der Waals surface area contributed by atoms with Crippen molar-refractivity contribution < 1.29 is 67.9 Å². The number of amides is 5. The molecule has 5 amide bonds. The van der Waals surface area contributed by atoms with E-state index < -0.39 is 103 Å². The van der Waals surface area contributed by atoms with E-state index in [1.807, 2.05) is 0 Å². The Morgan fingerprint density at radius 1 is 0.667 bits per heavy atom. The second-order valence-electron chi connectivity index (χ2n) is 11.8. The number of carboxylic acids is 3. The molecule has 0 fully saturated rings. The highest BCUT2D eigenvalue weighted by molar-refractivity contribution is 5.98. The lowest BCUT2D eigenvalue weighted by molar-refractivity contribution is -0.148. The molecule has 0 aliphatic rings. The maximum Gasteiger partial charge on any atom is 0.408 e. The third kappa shape index (κ3) is 16.5. The lowest BCUT2D eigenvalue weighted by Crippen LogP contribution is -2.60. The van der Waals surface area contributed by atoms with E-state index in [1.165, 1.54) is 13.8 Å². The zero-order valence-electron chi connectivity index (χ0n) is 29.3. The summed E-state index contributed by atoms with van der Waals surface area (Å²) in [6.07, 6.45) is -1.96. The number of hydrogen-bond donors (Lipinski definition) is 7. The number of carboxylic acid groups (broad SMARTS) is 3. The molecule has 0 saturated carbocycles. The third-order valence-corrected chi connectivity index (χ3v) is 7.12. The number of aliphatic carboxylic acids is 3. The molecular formula is C35H41N5O14. The Balaban J connectivity index is 2.16. The third-order valence-electron chi connectivity index (χ3n) is 7.12. The highest BCUT2D eigenvalue weighted by atomic mass is 16.5. The first-order valence-electron chi connectivity index (χ1n) is 16.3. The molecule has 0 unspecified atom stereocenters. The fourth-order valence-corrected chi connectivity index (χ4v) is 4.41. The number of esters is 1. The molecule has 2 aromatic carbocycles. The van der Waals surface area contributed by atoms with Gasteiger partial charge in [0.15, 0.2) is 0 Å². The minimum atomic E-state index is -1.78. The Labute approximate surface area is 308 Å². The maximum atomic E-state index is 13.4. The average Bonchev–Trinajstić information content (AvgIpc) is 3.12. The van der Waals surface area contributed by atoms with Crippen LogP contribution in [0.3, 0.4) is 0 Å². The topological polar surface area (TPSA) is 284 Å². The first-order valence-corrected chi connectivity index (χ1v) is 16.3. The summed E-state index contributed by atoms with van der Waals surface area (Å²) in [6.45, 7) is 1.53. The smallest absolute Gasteiger partial charge is 0.408 e. The number of hydrazine groups is 1. The van der Waals surface area contributed by atoms with Crippen LogP contribution in [0.25, 0.3) is 0 Å². The molecular weight excluding hydrogens is 714 g/mol. The molecule has 19 heteroatoms. The molecule has 290 valence electrons. The molecule has 54 heavy (non-hydrogen) atoms. The van der Waals surface area contributed by atoms with E-state index in [9.17, 15) is 58.5 Å². The molecule has 0 spiro atoms. The Kier molecular flexibility index (Phi) is 17.8. The number of rotatable bonds is 20. The highest BCUT2D eigenvalue weighted by Crippen LogP contribution is 2.08. The van der Waals surface area contributed by atoms with Crippen LogP contribution in [0.5, 0.6) is 0 Å². The van der Waals surface area contributed by atoms with Gasteiger partial charge in [0, 0.05) is 18.6 Å². The Morgan fingerprint density at radius 2 is 1.22 bits per heavy atom. The van der Waals surface area contributed by atoms with E-state index >= 15 is 0 Å². The summed E-state index contributed by atoms with van der Waals surface area (Å²) in [7, 11) is 0. The van der Waals surface area contributed by atoms with Gasteiger partial charge in [-0.3, -0.25) is 39.0 Å². The molecule has 2 aromatic rings. The monoisotopic (exact) mass is 755 g/mol. The number of carbonyl (C=O) groups is 9. The largest absolute Gasteiger partial charge is 0.481 e. The van der Waals surface area contributed by atoms with Gasteiger partial charge in [-0.1, -0.05) is 74.5 Å². The summed E-state index contributed by atoms with van der Waals surface area (Å²) >= 11 is 0. The van der Waals surface area contributed by atoms with Crippen molar-refractivity contribution in [2.45, 2.75) is 64.4 Å². The van der Waals surface area contributed by atoms with Crippen molar-refractivity contribution in [3.05, 3.63) is 83.9 Å². The van der Waals surface area contributed by atoms with E-state index in [4.69, 9.17) is 9.47 Å². The van der Waals surface area contributed by atoms with Crippen molar-refractivity contribution in [3.63, 3.8) is 0 Å². The van der Waals surface area contributed by atoms with Crippen LogP contribution in [0.15, 0.2) is 72.8 Å². The van der Waals surface area contributed by atoms with Crippen molar-refractivity contribution >= 4 is 53.6 Å². The second kappa shape index (κ2) is 22.2. The number of alkyl carbamates (subject to hydrolysis) is 1. The number of ether oxygens (including phenoxy) is 2. The van der Waals surface area contributed by atoms with Gasteiger partial charge in [-0.25, -0.2) is 14.6 Å². The molecule has 0 heterocycles. The quantitative estimate of drug-likeness (QED) is 0.0550. The van der Waals surface area contributed by atoms with Gasteiger partial charge in [-0.15, -0.1) is 0 Å². The van der Waals surface area contributed by atoms with E-state index in [0.717, 1.165) is 6.08 Å². The molecule has 7 N–H and O–H groups in total.